The summed E-state index contributed by atoms with van der Waals surface area (Å²) in [5.74, 6) is -5.06. The smallest absolute Gasteiger partial charge is 0.338 e. The fourth-order valence-corrected chi connectivity index (χ4v) is 13.4. The lowest BCUT2D eigenvalue weighted by atomic mass is 9.42. The molecule has 11 nitrogen and oxygen atoms in total. The van der Waals surface area contributed by atoms with Crippen LogP contribution in [0, 0.1) is 58.2 Å². The van der Waals surface area contributed by atoms with Gasteiger partial charge in [-0.1, -0.05) is 107 Å². The van der Waals surface area contributed by atoms with Crippen LogP contribution >= 0.6 is 0 Å². The van der Waals surface area contributed by atoms with E-state index >= 15 is 4.79 Å². The van der Waals surface area contributed by atoms with E-state index in [0.29, 0.717) is 43.6 Å². The van der Waals surface area contributed by atoms with E-state index in [1.54, 1.807) is 121 Å². The van der Waals surface area contributed by atoms with Crippen LogP contribution in [0.15, 0.2) is 121 Å². The third-order valence-corrected chi connectivity index (χ3v) is 17.0. The molecular formula is C57H62O11. The van der Waals surface area contributed by atoms with Gasteiger partial charge in [0.2, 0.25) is 0 Å². The van der Waals surface area contributed by atoms with E-state index in [1.807, 2.05) is 0 Å². The second-order valence-corrected chi connectivity index (χ2v) is 20.9. The molecular weight excluding hydrogens is 861 g/mol. The standard InChI is InChI=1S/C57H62O11/c1-33(2)39-30-44(64-45(59)31-39)34(3)41-32-42(58)47-46-40(26-28-57(41,47)5)56(4)29-27-43(65-52(60)35-18-10-6-11-19-35)49(66-53(61)36-20-12-7-13-21-36)48(56)51(68-55(63)38-24-16-9-17-25-38)50(46)67-54(62)37-22-14-8-15-23-37/h6-25,33-34,39-41,43-44,46-51H,26-32H2,1-5H3/t34?,39?,40?,41?,43-,44?,46?,47?,48?,49?,50?,51-,56-,57-/m1/s1. The predicted octanol–water partition coefficient (Wildman–Crippen LogP) is 10.2. The van der Waals surface area contributed by atoms with Crippen molar-refractivity contribution in [3.8, 4) is 0 Å². The molecule has 0 spiro atoms. The van der Waals surface area contributed by atoms with Crippen molar-refractivity contribution in [3.05, 3.63) is 144 Å². The minimum Gasteiger partial charge on any atom is -0.462 e. The number of esters is 5. The molecule has 356 valence electrons. The first kappa shape index (κ1) is 47.0. The molecule has 1 heterocycles. The molecule has 11 heteroatoms. The van der Waals surface area contributed by atoms with Crippen LogP contribution in [0.1, 0.15) is 121 Å². The van der Waals surface area contributed by atoms with E-state index in [1.165, 1.54) is 0 Å². The van der Waals surface area contributed by atoms with Crippen molar-refractivity contribution in [1.82, 2.24) is 0 Å². The molecule has 10 unspecified atom stereocenters. The van der Waals surface area contributed by atoms with E-state index in [9.17, 15) is 24.0 Å². The first-order valence-electron chi connectivity index (χ1n) is 24.4. The summed E-state index contributed by atoms with van der Waals surface area (Å²) in [6.45, 7) is 10.7. The Hall–Kier alpha value is -6.10. The van der Waals surface area contributed by atoms with Gasteiger partial charge in [0, 0.05) is 30.6 Å². The van der Waals surface area contributed by atoms with Gasteiger partial charge in [-0.3, -0.25) is 9.59 Å². The minimum absolute atomic E-state index is 0.0371. The maximum atomic E-state index is 15.2. The summed E-state index contributed by atoms with van der Waals surface area (Å²) in [4.78, 5) is 85.9. The summed E-state index contributed by atoms with van der Waals surface area (Å²) in [5, 5.41) is 0. The highest BCUT2D eigenvalue weighted by molar-refractivity contribution is 5.92. The van der Waals surface area contributed by atoms with Crippen LogP contribution in [-0.2, 0) is 33.3 Å². The predicted molar refractivity (Wildman–Crippen MR) is 251 cm³/mol. The number of fused-ring (bicyclic) bond motifs is 5. The largest absolute Gasteiger partial charge is 0.462 e. The Kier molecular flexibility index (Phi) is 13.2. The molecule has 0 aromatic heterocycles. The normalized spacial score (nSPS) is 33.4. The molecule has 5 fully saturated rings. The third-order valence-electron chi connectivity index (χ3n) is 17.0. The highest BCUT2D eigenvalue weighted by atomic mass is 16.6. The van der Waals surface area contributed by atoms with E-state index < -0.39 is 76.9 Å². The van der Waals surface area contributed by atoms with Crippen molar-refractivity contribution in [1.29, 1.82) is 0 Å². The topological polar surface area (TPSA) is 149 Å². The molecule has 0 radical (unpaired) electrons. The van der Waals surface area contributed by atoms with Crippen molar-refractivity contribution in [3.63, 3.8) is 0 Å². The number of hydrogen-bond acceptors (Lipinski definition) is 11. The quantitative estimate of drug-likeness (QED) is 0.105. The van der Waals surface area contributed by atoms with Crippen LogP contribution in [0.2, 0.25) is 0 Å². The highest BCUT2D eigenvalue weighted by Crippen LogP contribution is 2.69. The van der Waals surface area contributed by atoms with Gasteiger partial charge in [-0.05, 0) is 121 Å². The van der Waals surface area contributed by atoms with Gasteiger partial charge in [-0.2, -0.15) is 0 Å². The molecule has 4 aliphatic carbocycles. The van der Waals surface area contributed by atoms with Crippen molar-refractivity contribution >= 4 is 35.6 Å². The lowest BCUT2D eigenvalue weighted by molar-refractivity contribution is -0.249. The summed E-state index contributed by atoms with van der Waals surface area (Å²) in [7, 11) is 0. The van der Waals surface area contributed by atoms with Gasteiger partial charge < -0.3 is 23.7 Å². The van der Waals surface area contributed by atoms with Gasteiger partial charge in [-0.15, -0.1) is 0 Å². The van der Waals surface area contributed by atoms with Crippen LogP contribution in [0.4, 0.5) is 0 Å². The zero-order valence-corrected chi connectivity index (χ0v) is 39.5. The SMILES string of the molecule is CC(C)C1CC(=O)OC(C(C)C2CC(=O)C3C4C(OC(=O)c5ccccc5)[C@H](OC(=O)c5ccccc5)C5C(OC(=O)c6ccccc6)[C@H](OC(=O)c6ccccc6)CC[C@]5(C)C4CC[C@]23C)C1. The van der Waals surface area contributed by atoms with E-state index in [4.69, 9.17) is 23.7 Å². The number of carbonyl (C=O) groups is 6. The summed E-state index contributed by atoms with van der Waals surface area (Å²) >= 11 is 0. The van der Waals surface area contributed by atoms with Gasteiger partial charge >= 0.3 is 29.8 Å². The second kappa shape index (κ2) is 19.1. The molecule has 1 aliphatic heterocycles. The third kappa shape index (κ3) is 8.77. The monoisotopic (exact) mass is 922 g/mol. The van der Waals surface area contributed by atoms with Crippen LogP contribution < -0.4 is 0 Å². The van der Waals surface area contributed by atoms with Gasteiger partial charge in [0.15, 0.2) is 0 Å². The molecule has 0 N–H and O–H groups in total. The molecule has 5 aliphatic rings. The molecule has 0 bridgehead atoms. The van der Waals surface area contributed by atoms with Crippen molar-refractivity contribution in [2.24, 2.45) is 58.2 Å². The molecule has 0 amide bonds. The van der Waals surface area contributed by atoms with Gasteiger partial charge in [-0.25, -0.2) is 19.2 Å². The molecule has 1 saturated heterocycles. The minimum atomic E-state index is -1.29. The number of rotatable bonds is 11. The Morgan fingerprint density at radius 2 is 1.03 bits per heavy atom. The highest BCUT2D eigenvalue weighted by Gasteiger charge is 2.72. The molecule has 4 aromatic rings. The zero-order valence-electron chi connectivity index (χ0n) is 39.5. The van der Waals surface area contributed by atoms with E-state index in [-0.39, 0.29) is 64.6 Å². The molecule has 4 aromatic carbocycles. The van der Waals surface area contributed by atoms with E-state index in [0.717, 1.165) is 6.42 Å². The van der Waals surface area contributed by atoms with Crippen LogP contribution in [0.25, 0.3) is 0 Å². The fraction of sp³-hybridized carbons (Fsp3) is 0.474. The molecule has 14 atom stereocenters. The Morgan fingerprint density at radius 3 is 1.53 bits per heavy atom. The molecule has 68 heavy (non-hydrogen) atoms. The average molecular weight is 923 g/mol. The van der Waals surface area contributed by atoms with Crippen molar-refractivity contribution in [2.75, 3.05) is 0 Å². The maximum absolute atomic E-state index is 15.2. The van der Waals surface area contributed by atoms with Crippen LogP contribution in [0.3, 0.4) is 0 Å². The number of benzene rings is 4. The lowest BCUT2D eigenvalue weighted by Gasteiger charge is -2.64. The van der Waals surface area contributed by atoms with Gasteiger partial charge in [0.1, 0.15) is 36.3 Å². The first-order chi connectivity index (χ1) is 32.7. The number of Topliss-reactive ketones (excluding diaryl/α,β-unsaturated/α-hetero) is 1. The Bertz CT molecular complexity index is 2490. The number of cyclic esters (lactones) is 1. The summed E-state index contributed by atoms with van der Waals surface area (Å²) in [6, 6.07) is 34.2. The number of hydrogen-bond donors (Lipinski definition) is 0. The van der Waals surface area contributed by atoms with E-state index in [2.05, 4.69) is 34.6 Å². The van der Waals surface area contributed by atoms with Gasteiger partial charge in [0.25, 0.3) is 0 Å². The Morgan fingerprint density at radius 1 is 0.574 bits per heavy atom. The fourth-order valence-electron chi connectivity index (χ4n) is 13.4. The lowest BCUT2D eigenvalue weighted by Crippen LogP contribution is -2.70. The van der Waals surface area contributed by atoms with Crippen molar-refractivity contribution < 1.29 is 52.5 Å². The number of carbonyl (C=O) groups excluding carboxylic acids is 6. The Balaban J connectivity index is 1.18. The van der Waals surface area contributed by atoms with Crippen LogP contribution in [0.5, 0.6) is 0 Å². The number of ether oxygens (including phenoxy) is 5. The van der Waals surface area contributed by atoms with Crippen LogP contribution in [-0.4, -0.2) is 66.1 Å². The molecule has 4 saturated carbocycles. The van der Waals surface area contributed by atoms with Crippen molar-refractivity contribution in [2.45, 2.75) is 110 Å². The Labute approximate surface area is 398 Å². The summed E-state index contributed by atoms with van der Waals surface area (Å²) in [6.07, 6.45) is -1.65. The first-order valence-corrected chi connectivity index (χ1v) is 24.4. The maximum Gasteiger partial charge on any atom is 0.338 e. The van der Waals surface area contributed by atoms with Gasteiger partial charge in [0.05, 0.1) is 22.3 Å². The summed E-state index contributed by atoms with van der Waals surface area (Å²) in [5.41, 5.74) is -0.292. The summed E-state index contributed by atoms with van der Waals surface area (Å²) < 4.78 is 32.7. The average Bonchev–Trinajstić information content (AvgIpc) is 3.63. The zero-order chi connectivity index (χ0) is 47.9. The number of ketones is 1. The second-order valence-electron chi connectivity index (χ2n) is 20.9. The molecule has 9 rings (SSSR count).